The first kappa shape index (κ1) is 13.9. The average Bonchev–Trinajstić information content (AvgIpc) is 2.35. The molecule has 4 nitrogen and oxygen atoms in total. The van der Waals surface area contributed by atoms with Gasteiger partial charge in [0.1, 0.15) is 5.54 Å². The minimum atomic E-state index is -0.597. The van der Waals surface area contributed by atoms with E-state index in [0.29, 0.717) is 12.1 Å². The first-order chi connectivity index (χ1) is 8.86. The molecule has 100 valence electrons. The molecule has 1 aromatic carbocycles. The molecule has 0 aromatic heterocycles. The van der Waals surface area contributed by atoms with Gasteiger partial charge in [0.15, 0.2) is 0 Å². The monoisotopic (exact) mass is 321 g/mol. The van der Waals surface area contributed by atoms with Crippen molar-refractivity contribution in [3.05, 3.63) is 28.2 Å². The number of hydrogen-bond acceptors (Lipinski definition) is 3. The van der Waals surface area contributed by atoms with Crippen LogP contribution < -0.4 is 4.90 Å². The molecular formula is C14H16BrN3O. The van der Waals surface area contributed by atoms with Gasteiger partial charge in [-0.1, -0.05) is 15.9 Å². The van der Waals surface area contributed by atoms with Gasteiger partial charge in [0.2, 0.25) is 5.91 Å². The lowest BCUT2D eigenvalue weighted by Crippen LogP contribution is -2.62. The predicted octanol–water partition coefficient (Wildman–Crippen LogP) is 2.38. The van der Waals surface area contributed by atoms with Gasteiger partial charge in [-0.25, -0.2) is 0 Å². The van der Waals surface area contributed by atoms with E-state index in [1.54, 1.807) is 11.0 Å². The number of likely N-dealkylation sites (N-methyl/N-ethyl adjacent to an activating group) is 1. The second kappa shape index (κ2) is 4.86. The summed E-state index contributed by atoms with van der Waals surface area (Å²) >= 11 is 3.41. The number of amides is 1. The van der Waals surface area contributed by atoms with E-state index in [9.17, 15) is 4.79 Å². The van der Waals surface area contributed by atoms with Crippen LogP contribution in [0.25, 0.3) is 0 Å². The summed E-state index contributed by atoms with van der Waals surface area (Å²) in [5.41, 5.74) is 0.893. The van der Waals surface area contributed by atoms with Crippen LogP contribution in [0.15, 0.2) is 22.7 Å². The fraction of sp³-hybridized carbons (Fsp3) is 0.429. The molecule has 0 atom stereocenters. The molecule has 2 rings (SSSR count). The number of nitriles is 1. The summed E-state index contributed by atoms with van der Waals surface area (Å²) in [4.78, 5) is 16.1. The van der Waals surface area contributed by atoms with Crippen LogP contribution in [0.1, 0.15) is 19.4 Å². The molecule has 1 fully saturated rings. The van der Waals surface area contributed by atoms with Crippen molar-refractivity contribution in [2.24, 2.45) is 0 Å². The quantitative estimate of drug-likeness (QED) is 0.797. The van der Waals surface area contributed by atoms with E-state index in [-0.39, 0.29) is 5.91 Å². The molecular weight excluding hydrogens is 306 g/mol. The maximum absolute atomic E-state index is 12.3. The lowest BCUT2D eigenvalue weighted by molar-refractivity contribution is -0.136. The summed E-state index contributed by atoms with van der Waals surface area (Å²) in [6.07, 6.45) is 0. The summed E-state index contributed by atoms with van der Waals surface area (Å²) in [6.45, 7) is 5.28. The molecule has 19 heavy (non-hydrogen) atoms. The molecule has 0 bridgehead atoms. The molecule has 0 N–H and O–H groups in total. The Morgan fingerprint density at radius 2 is 2.00 bits per heavy atom. The van der Waals surface area contributed by atoms with Crippen molar-refractivity contribution in [1.82, 2.24) is 4.90 Å². The molecule has 0 spiro atoms. The lowest BCUT2D eigenvalue weighted by atomic mass is 9.96. The standard InChI is InChI=1S/C14H16BrN3O/c1-14(2)13(19)17(3)4-5-18(14)12-7-10(9-16)6-11(15)8-12/h6-8H,4-5H2,1-3H3. The van der Waals surface area contributed by atoms with E-state index < -0.39 is 5.54 Å². The third-order valence-electron chi connectivity index (χ3n) is 3.53. The van der Waals surface area contributed by atoms with E-state index in [1.165, 1.54) is 0 Å². The summed E-state index contributed by atoms with van der Waals surface area (Å²) in [7, 11) is 1.82. The third kappa shape index (κ3) is 2.45. The molecule has 1 aliphatic heterocycles. The minimum absolute atomic E-state index is 0.0947. The fourth-order valence-corrected chi connectivity index (χ4v) is 2.94. The highest BCUT2D eigenvalue weighted by Gasteiger charge is 2.40. The SMILES string of the molecule is CN1CCN(c2cc(Br)cc(C#N)c2)C(C)(C)C1=O. The number of anilines is 1. The van der Waals surface area contributed by atoms with Crippen molar-refractivity contribution in [3.8, 4) is 6.07 Å². The first-order valence-corrected chi connectivity index (χ1v) is 6.89. The molecule has 1 amide bonds. The van der Waals surface area contributed by atoms with Crippen LogP contribution in [0.2, 0.25) is 0 Å². The van der Waals surface area contributed by atoms with Gasteiger partial charge in [-0.15, -0.1) is 0 Å². The van der Waals surface area contributed by atoms with Gasteiger partial charge in [0.25, 0.3) is 0 Å². The number of nitrogens with zero attached hydrogens (tertiary/aromatic N) is 3. The van der Waals surface area contributed by atoms with Gasteiger partial charge in [-0.3, -0.25) is 4.79 Å². The van der Waals surface area contributed by atoms with Crippen molar-refractivity contribution < 1.29 is 4.79 Å². The Kier molecular flexibility index (Phi) is 3.55. The van der Waals surface area contributed by atoms with Crippen molar-refractivity contribution in [1.29, 1.82) is 5.26 Å². The number of hydrogen-bond donors (Lipinski definition) is 0. The Morgan fingerprint density at radius 3 is 2.63 bits per heavy atom. The largest absolute Gasteiger partial charge is 0.356 e. The molecule has 1 saturated heterocycles. The highest BCUT2D eigenvalue weighted by atomic mass is 79.9. The maximum atomic E-state index is 12.3. The van der Waals surface area contributed by atoms with Crippen LogP contribution in [0.5, 0.6) is 0 Å². The van der Waals surface area contributed by atoms with E-state index >= 15 is 0 Å². The van der Waals surface area contributed by atoms with Crippen LogP contribution >= 0.6 is 15.9 Å². The summed E-state index contributed by atoms with van der Waals surface area (Å²) in [6, 6.07) is 7.68. The number of carbonyl (C=O) groups is 1. The van der Waals surface area contributed by atoms with Crippen LogP contribution in [0.4, 0.5) is 5.69 Å². The van der Waals surface area contributed by atoms with Crippen LogP contribution in [0, 0.1) is 11.3 Å². The Balaban J connectivity index is 2.44. The van der Waals surface area contributed by atoms with Gasteiger partial charge >= 0.3 is 0 Å². The van der Waals surface area contributed by atoms with Crippen molar-refractivity contribution in [2.45, 2.75) is 19.4 Å². The number of rotatable bonds is 1. The minimum Gasteiger partial charge on any atom is -0.356 e. The topological polar surface area (TPSA) is 47.3 Å². The van der Waals surface area contributed by atoms with Gasteiger partial charge in [-0.2, -0.15) is 5.26 Å². The highest BCUT2D eigenvalue weighted by molar-refractivity contribution is 9.10. The Bertz CT molecular complexity index is 562. The Hall–Kier alpha value is -1.54. The molecule has 5 heteroatoms. The summed E-state index contributed by atoms with van der Waals surface area (Å²) in [5.74, 6) is 0.0947. The molecule has 0 radical (unpaired) electrons. The first-order valence-electron chi connectivity index (χ1n) is 6.10. The number of benzene rings is 1. The van der Waals surface area contributed by atoms with Crippen LogP contribution in [-0.4, -0.2) is 36.5 Å². The molecule has 0 unspecified atom stereocenters. The van der Waals surface area contributed by atoms with Gasteiger partial charge in [-0.05, 0) is 32.0 Å². The maximum Gasteiger partial charge on any atom is 0.247 e. The van der Waals surface area contributed by atoms with Crippen LogP contribution in [0.3, 0.4) is 0 Å². The number of halogens is 1. The zero-order chi connectivity index (χ0) is 14.2. The smallest absolute Gasteiger partial charge is 0.247 e. The highest BCUT2D eigenvalue weighted by Crippen LogP contribution is 2.31. The predicted molar refractivity (Wildman–Crippen MR) is 77.9 cm³/mol. The summed E-state index contributed by atoms with van der Waals surface area (Å²) < 4.78 is 0.851. The third-order valence-corrected chi connectivity index (χ3v) is 3.99. The zero-order valence-corrected chi connectivity index (χ0v) is 12.9. The van der Waals surface area contributed by atoms with Crippen molar-refractivity contribution >= 4 is 27.5 Å². The Morgan fingerprint density at radius 1 is 1.32 bits per heavy atom. The van der Waals surface area contributed by atoms with Crippen molar-refractivity contribution in [3.63, 3.8) is 0 Å². The van der Waals surface area contributed by atoms with Gasteiger partial charge in [0, 0.05) is 30.3 Å². The molecule has 1 aliphatic rings. The normalized spacial score (nSPS) is 18.4. The second-order valence-electron chi connectivity index (χ2n) is 5.25. The summed E-state index contributed by atoms with van der Waals surface area (Å²) in [5, 5.41) is 9.04. The van der Waals surface area contributed by atoms with E-state index in [2.05, 4.69) is 26.9 Å². The molecule has 1 heterocycles. The molecule has 0 saturated carbocycles. The zero-order valence-electron chi connectivity index (χ0n) is 11.3. The second-order valence-corrected chi connectivity index (χ2v) is 6.16. The van der Waals surface area contributed by atoms with Gasteiger partial charge < -0.3 is 9.80 Å². The fourth-order valence-electron chi connectivity index (χ4n) is 2.46. The van der Waals surface area contributed by atoms with E-state index in [0.717, 1.165) is 16.7 Å². The van der Waals surface area contributed by atoms with E-state index in [4.69, 9.17) is 5.26 Å². The molecule has 1 aromatic rings. The molecule has 0 aliphatic carbocycles. The number of piperazine rings is 1. The average molecular weight is 322 g/mol. The van der Waals surface area contributed by atoms with Gasteiger partial charge in [0.05, 0.1) is 11.6 Å². The van der Waals surface area contributed by atoms with E-state index in [1.807, 2.05) is 33.0 Å². The Labute approximate surface area is 121 Å². The number of carbonyl (C=O) groups excluding carboxylic acids is 1. The lowest BCUT2D eigenvalue weighted by Gasteiger charge is -2.46. The van der Waals surface area contributed by atoms with Crippen LogP contribution in [-0.2, 0) is 4.79 Å². The van der Waals surface area contributed by atoms with Crippen molar-refractivity contribution in [2.75, 3.05) is 25.0 Å².